The van der Waals surface area contributed by atoms with Crippen LogP contribution in [-0.4, -0.2) is 85.0 Å². The molecule has 1 saturated heterocycles. The molecule has 3 heterocycles. The minimum Gasteiger partial charge on any atom is -0.465 e. The summed E-state index contributed by atoms with van der Waals surface area (Å²) in [6.45, 7) is 3.76. The number of esters is 1. The average Bonchev–Trinajstić information content (AvgIpc) is 3.10. The fourth-order valence-electron chi connectivity index (χ4n) is 2.45. The van der Waals surface area contributed by atoms with Gasteiger partial charge in [-0.05, 0) is 12.1 Å². The standard InChI is InChI=1S/C14H18N8O4/c1-2-26-11(23)9-22-18-12(17-19-22)10-7-15-13(16-8-10)20-3-5-21(6-4-20)14(24)25/h7-8H,2-6,9H2,1H3,(H,24,25). The lowest BCUT2D eigenvalue weighted by Crippen LogP contribution is -2.48. The van der Waals surface area contributed by atoms with E-state index in [2.05, 4.69) is 25.4 Å². The number of carbonyl (C=O) groups is 2. The van der Waals surface area contributed by atoms with Gasteiger partial charge in [0.15, 0.2) is 6.54 Å². The molecule has 1 fully saturated rings. The first-order chi connectivity index (χ1) is 12.6. The van der Waals surface area contributed by atoms with Crippen LogP contribution in [0.4, 0.5) is 10.7 Å². The van der Waals surface area contributed by atoms with Gasteiger partial charge in [-0.2, -0.15) is 4.80 Å². The molecule has 26 heavy (non-hydrogen) atoms. The second-order valence-corrected chi connectivity index (χ2v) is 5.48. The Labute approximate surface area is 148 Å². The molecule has 138 valence electrons. The summed E-state index contributed by atoms with van der Waals surface area (Å²) in [4.78, 5) is 35.3. The van der Waals surface area contributed by atoms with Crippen molar-refractivity contribution in [1.29, 1.82) is 0 Å². The molecule has 0 unspecified atom stereocenters. The van der Waals surface area contributed by atoms with Gasteiger partial charge in [0.2, 0.25) is 11.8 Å². The van der Waals surface area contributed by atoms with Gasteiger partial charge in [0.25, 0.3) is 0 Å². The van der Waals surface area contributed by atoms with Crippen LogP contribution in [0.15, 0.2) is 12.4 Å². The zero-order valence-electron chi connectivity index (χ0n) is 14.1. The lowest BCUT2D eigenvalue weighted by molar-refractivity contribution is -0.144. The highest BCUT2D eigenvalue weighted by Gasteiger charge is 2.22. The zero-order chi connectivity index (χ0) is 18.5. The van der Waals surface area contributed by atoms with E-state index in [1.807, 2.05) is 4.90 Å². The summed E-state index contributed by atoms with van der Waals surface area (Å²) in [5, 5.41) is 20.8. The Morgan fingerprint density at radius 3 is 2.50 bits per heavy atom. The number of ether oxygens (including phenoxy) is 1. The molecule has 2 aromatic rings. The summed E-state index contributed by atoms with van der Waals surface area (Å²) in [7, 11) is 0. The van der Waals surface area contributed by atoms with E-state index in [1.165, 1.54) is 4.90 Å². The van der Waals surface area contributed by atoms with Crippen molar-refractivity contribution in [3.8, 4) is 11.4 Å². The molecule has 0 spiro atoms. The Morgan fingerprint density at radius 2 is 1.88 bits per heavy atom. The van der Waals surface area contributed by atoms with Crippen molar-refractivity contribution in [2.45, 2.75) is 13.5 Å². The molecule has 1 aliphatic rings. The fourth-order valence-corrected chi connectivity index (χ4v) is 2.45. The van der Waals surface area contributed by atoms with E-state index in [9.17, 15) is 9.59 Å². The van der Waals surface area contributed by atoms with Crippen LogP contribution in [0.1, 0.15) is 6.92 Å². The van der Waals surface area contributed by atoms with Gasteiger partial charge in [-0.15, -0.1) is 10.2 Å². The monoisotopic (exact) mass is 362 g/mol. The number of hydrogen-bond donors (Lipinski definition) is 1. The maximum atomic E-state index is 11.4. The molecule has 12 heteroatoms. The molecule has 0 saturated carbocycles. The lowest BCUT2D eigenvalue weighted by Gasteiger charge is -2.32. The third-order valence-electron chi connectivity index (χ3n) is 3.76. The molecule has 3 rings (SSSR count). The molecule has 1 aliphatic heterocycles. The number of carboxylic acid groups (broad SMARTS) is 1. The third kappa shape index (κ3) is 4.02. The van der Waals surface area contributed by atoms with Crippen LogP contribution in [0, 0.1) is 0 Å². The normalized spacial score (nSPS) is 14.3. The molecule has 0 aliphatic carbocycles. The fraction of sp³-hybridized carbons (Fsp3) is 0.500. The van der Waals surface area contributed by atoms with E-state index >= 15 is 0 Å². The number of anilines is 1. The molecular formula is C14H18N8O4. The van der Waals surface area contributed by atoms with Crippen LogP contribution in [0.3, 0.4) is 0 Å². The Hall–Kier alpha value is -3.31. The van der Waals surface area contributed by atoms with E-state index in [4.69, 9.17) is 9.84 Å². The van der Waals surface area contributed by atoms with Gasteiger partial charge in [-0.3, -0.25) is 0 Å². The van der Waals surface area contributed by atoms with Crippen LogP contribution >= 0.6 is 0 Å². The summed E-state index contributed by atoms with van der Waals surface area (Å²) >= 11 is 0. The molecule has 2 aromatic heterocycles. The van der Waals surface area contributed by atoms with E-state index in [0.717, 1.165) is 4.80 Å². The highest BCUT2D eigenvalue weighted by molar-refractivity contribution is 5.68. The molecule has 1 amide bonds. The SMILES string of the molecule is CCOC(=O)Cn1nnc(-c2cnc(N3CCN(C(=O)O)CC3)nc2)n1. The molecule has 1 N–H and O–H groups in total. The maximum Gasteiger partial charge on any atom is 0.407 e. The van der Waals surface area contributed by atoms with Crippen molar-refractivity contribution in [3.05, 3.63) is 12.4 Å². The first-order valence-corrected chi connectivity index (χ1v) is 8.05. The van der Waals surface area contributed by atoms with E-state index in [0.29, 0.717) is 43.5 Å². The van der Waals surface area contributed by atoms with Crippen LogP contribution in [-0.2, 0) is 16.1 Å². The highest BCUT2D eigenvalue weighted by Crippen LogP contribution is 2.15. The molecule has 0 bridgehead atoms. The zero-order valence-corrected chi connectivity index (χ0v) is 14.1. The summed E-state index contributed by atoms with van der Waals surface area (Å²) in [5.41, 5.74) is 0.563. The van der Waals surface area contributed by atoms with Gasteiger partial charge >= 0.3 is 12.1 Å². The summed E-state index contributed by atoms with van der Waals surface area (Å²) in [6, 6.07) is 0. The Morgan fingerprint density at radius 1 is 1.19 bits per heavy atom. The number of piperazine rings is 1. The summed E-state index contributed by atoms with van der Waals surface area (Å²) in [5.74, 6) is 0.373. The number of rotatable bonds is 5. The molecule has 0 atom stereocenters. The van der Waals surface area contributed by atoms with Crippen LogP contribution < -0.4 is 4.90 Å². The topological polar surface area (TPSA) is 139 Å². The van der Waals surface area contributed by atoms with Gasteiger partial charge in [-0.1, -0.05) is 0 Å². The number of aromatic nitrogens is 6. The Balaban J connectivity index is 1.62. The average molecular weight is 362 g/mol. The van der Waals surface area contributed by atoms with Crippen LogP contribution in [0.25, 0.3) is 11.4 Å². The van der Waals surface area contributed by atoms with E-state index in [-0.39, 0.29) is 13.2 Å². The predicted molar refractivity (Wildman–Crippen MR) is 87.3 cm³/mol. The van der Waals surface area contributed by atoms with Crippen LogP contribution in [0.5, 0.6) is 0 Å². The number of nitrogens with zero attached hydrogens (tertiary/aromatic N) is 8. The van der Waals surface area contributed by atoms with Crippen LogP contribution in [0.2, 0.25) is 0 Å². The van der Waals surface area contributed by atoms with Crippen molar-refractivity contribution in [1.82, 2.24) is 35.1 Å². The first-order valence-electron chi connectivity index (χ1n) is 8.05. The molecular weight excluding hydrogens is 344 g/mol. The highest BCUT2D eigenvalue weighted by atomic mass is 16.5. The maximum absolute atomic E-state index is 11.4. The van der Waals surface area contributed by atoms with Crippen molar-refractivity contribution < 1.29 is 19.4 Å². The molecule has 0 radical (unpaired) electrons. The molecule has 12 nitrogen and oxygen atoms in total. The van der Waals surface area contributed by atoms with Crippen molar-refractivity contribution in [2.24, 2.45) is 0 Å². The first kappa shape index (κ1) is 17.5. The Kier molecular flexibility index (Phi) is 5.20. The smallest absolute Gasteiger partial charge is 0.407 e. The largest absolute Gasteiger partial charge is 0.465 e. The minimum absolute atomic E-state index is 0.117. The van der Waals surface area contributed by atoms with Gasteiger partial charge < -0.3 is 19.6 Å². The minimum atomic E-state index is -0.919. The van der Waals surface area contributed by atoms with Crippen molar-refractivity contribution in [2.75, 3.05) is 37.7 Å². The number of hydrogen-bond acceptors (Lipinski definition) is 9. The van der Waals surface area contributed by atoms with Gasteiger partial charge in [0.05, 0.1) is 12.2 Å². The quantitative estimate of drug-likeness (QED) is 0.692. The van der Waals surface area contributed by atoms with Crippen molar-refractivity contribution in [3.63, 3.8) is 0 Å². The third-order valence-corrected chi connectivity index (χ3v) is 3.76. The second kappa shape index (κ2) is 7.72. The molecule has 0 aromatic carbocycles. The summed E-state index contributed by atoms with van der Waals surface area (Å²) in [6.07, 6.45) is 2.22. The lowest BCUT2D eigenvalue weighted by atomic mass is 10.3. The summed E-state index contributed by atoms with van der Waals surface area (Å²) < 4.78 is 4.83. The van der Waals surface area contributed by atoms with E-state index < -0.39 is 12.1 Å². The van der Waals surface area contributed by atoms with Gasteiger partial charge in [0, 0.05) is 38.6 Å². The second-order valence-electron chi connectivity index (χ2n) is 5.48. The Bertz CT molecular complexity index is 770. The van der Waals surface area contributed by atoms with E-state index in [1.54, 1.807) is 19.3 Å². The predicted octanol–water partition coefficient (Wildman–Crippen LogP) is -0.507. The van der Waals surface area contributed by atoms with Crippen molar-refractivity contribution >= 4 is 18.0 Å². The number of amides is 1. The number of carbonyl (C=O) groups excluding carboxylic acids is 1. The van der Waals surface area contributed by atoms with Gasteiger partial charge in [-0.25, -0.2) is 19.6 Å². The van der Waals surface area contributed by atoms with Gasteiger partial charge in [0.1, 0.15) is 0 Å². The number of tetrazole rings is 1.